The molecule has 1 aromatic rings. The maximum Gasteiger partial charge on any atom is 0.412 e. The Morgan fingerprint density at radius 3 is 2.28 bits per heavy atom. The molecular formula is C14H22ClNO2. The average molecular weight is 272 g/mol. The molecular weight excluding hydrogens is 250 g/mol. The Balaban J connectivity index is 0.00000137. The van der Waals surface area contributed by atoms with E-state index in [4.69, 9.17) is 16.3 Å². The zero-order valence-corrected chi connectivity index (χ0v) is 12.7. The van der Waals surface area contributed by atoms with Crippen molar-refractivity contribution >= 4 is 23.4 Å². The highest BCUT2D eigenvalue weighted by molar-refractivity contribution is 6.33. The van der Waals surface area contributed by atoms with Crippen LogP contribution in [0.1, 0.15) is 40.2 Å². The number of halogens is 1. The van der Waals surface area contributed by atoms with Gasteiger partial charge in [-0.25, -0.2) is 4.79 Å². The van der Waals surface area contributed by atoms with Gasteiger partial charge in [-0.05, 0) is 45.4 Å². The molecule has 4 heteroatoms. The minimum Gasteiger partial charge on any atom is -0.444 e. The standard InChI is InChI=1S/C12H16ClNO2.C2H6/c1-8-5-6-10(9(13)7-8)14-11(15)16-12(2,3)4;1-2/h5-7H,1-4H3,(H,14,15);1-2H3. The smallest absolute Gasteiger partial charge is 0.412 e. The molecule has 1 rings (SSSR count). The molecule has 0 aromatic heterocycles. The highest BCUT2D eigenvalue weighted by atomic mass is 35.5. The summed E-state index contributed by atoms with van der Waals surface area (Å²) in [5, 5.41) is 3.11. The topological polar surface area (TPSA) is 38.3 Å². The van der Waals surface area contributed by atoms with Crippen molar-refractivity contribution in [3.05, 3.63) is 28.8 Å². The number of aryl methyl sites for hydroxylation is 1. The van der Waals surface area contributed by atoms with E-state index in [1.165, 1.54) is 0 Å². The molecule has 0 atom stereocenters. The quantitative estimate of drug-likeness (QED) is 0.779. The molecule has 0 aliphatic heterocycles. The van der Waals surface area contributed by atoms with Crippen molar-refractivity contribution in [1.29, 1.82) is 0 Å². The number of nitrogens with one attached hydrogen (secondary N) is 1. The fourth-order valence-electron chi connectivity index (χ4n) is 1.14. The first kappa shape index (κ1) is 16.8. The lowest BCUT2D eigenvalue weighted by Crippen LogP contribution is -2.27. The Bertz CT molecular complexity index is 397. The minimum atomic E-state index is -0.513. The number of benzene rings is 1. The van der Waals surface area contributed by atoms with Crippen LogP contribution in [0.3, 0.4) is 0 Å². The molecule has 0 saturated heterocycles. The number of amides is 1. The summed E-state index contributed by atoms with van der Waals surface area (Å²) < 4.78 is 5.12. The van der Waals surface area contributed by atoms with Crippen molar-refractivity contribution in [2.45, 2.75) is 47.1 Å². The molecule has 0 heterocycles. The fraction of sp³-hybridized carbons (Fsp3) is 0.500. The lowest BCUT2D eigenvalue weighted by Gasteiger charge is -2.20. The molecule has 0 fully saturated rings. The second kappa shape index (κ2) is 7.27. The van der Waals surface area contributed by atoms with Gasteiger partial charge in [0.2, 0.25) is 0 Å². The van der Waals surface area contributed by atoms with Crippen molar-refractivity contribution in [3.8, 4) is 0 Å². The zero-order valence-electron chi connectivity index (χ0n) is 11.9. The highest BCUT2D eigenvalue weighted by Gasteiger charge is 2.16. The second-order valence-corrected chi connectivity index (χ2v) is 5.02. The highest BCUT2D eigenvalue weighted by Crippen LogP contribution is 2.23. The Hall–Kier alpha value is -1.22. The number of anilines is 1. The SMILES string of the molecule is CC.Cc1ccc(NC(=O)OC(C)(C)C)c(Cl)c1. The average Bonchev–Trinajstić information content (AvgIpc) is 2.22. The summed E-state index contributed by atoms with van der Waals surface area (Å²) in [7, 11) is 0. The summed E-state index contributed by atoms with van der Waals surface area (Å²) in [6.07, 6.45) is -0.502. The van der Waals surface area contributed by atoms with Crippen LogP contribution in [0.2, 0.25) is 5.02 Å². The third-order valence-electron chi connectivity index (χ3n) is 1.76. The van der Waals surface area contributed by atoms with E-state index in [-0.39, 0.29) is 0 Å². The van der Waals surface area contributed by atoms with Crippen molar-refractivity contribution in [3.63, 3.8) is 0 Å². The lowest BCUT2D eigenvalue weighted by atomic mass is 10.2. The van der Waals surface area contributed by atoms with E-state index in [0.717, 1.165) is 5.56 Å². The van der Waals surface area contributed by atoms with E-state index in [0.29, 0.717) is 10.7 Å². The van der Waals surface area contributed by atoms with E-state index >= 15 is 0 Å². The van der Waals surface area contributed by atoms with Gasteiger partial charge >= 0.3 is 6.09 Å². The number of hydrogen-bond acceptors (Lipinski definition) is 2. The van der Waals surface area contributed by atoms with Gasteiger partial charge in [-0.2, -0.15) is 0 Å². The molecule has 102 valence electrons. The summed E-state index contributed by atoms with van der Waals surface area (Å²) in [4.78, 5) is 11.5. The first-order valence-corrected chi connectivity index (χ1v) is 6.42. The minimum absolute atomic E-state index is 0.502. The predicted molar refractivity (Wildman–Crippen MR) is 77.4 cm³/mol. The van der Waals surface area contributed by atoms with Crippen molar-refractivity contribution in [2.75, 3.05) is 5.32 Å². The van der Waals surface area contributed by atoms with Crippen LogP contribution in [0.4, 0.5) is 10.5 Å². The van der Waals surface area contributed by atoms with Crippen LogP contribution in [0.15, 0.2) is 18.2 Å². The van der Waals surface area contributed by atoms with Crippen LogP contribution in [-0.2, 0) is 4.74 Å². The molecule has 0 radical (unpaired) electrons. The van der Waals surface area contributed by atoms with Crippen LogP contribution < -0.4 is 5.32 Å². The summed E-state index contributed by atoms with van der Waals surface area (Å²) in [6.45, 7) is 11.4. The van der Waals surface area contributed by atoms with E-state index < -0.39 is 11.7 Å². The van der Waals surface area contributed by atoms with Crippen LogP contribution >= 0.6 is 11.6 Å². The molecule has 18 heavy (non-hydrogen) atoms. The first-order valence-electron chi connectivity index (χ1n) is 6.04. The molecule has 1 amide bonds. The van der Waals surface area contributed by atoms with Crippen LogP contribution in [0.5, 0.6) is 0 Å². The van der Waals surface area contributed by atoms with Crippen molar-refractivity contribution in [1.82, 2.24) is 0 Å². The molecule has 0 saturated carbocycles. The summed E-state index contributed by atoms with van der Waals surface area (Å²) >= 11 is 5.97. The third-order valence-corrected chi connectivity index (χ3v) is 2.07. The van der Waals surface area contributed by atoms with E-state index in [1.807, 2.05) is 47.6 Å². The lowest BCUT2D eigenvalue weighted by molar-refractivity contribution is 0.0636. The Kier molecular flexibility index (Phi) is 6.77. The number of hydrogen-bond donors (Lipinski definition) is 1. The largest absolute Gasteiger partial charge is 0.444 e. The fourth-order valence-corrected chi connectivity index (χ4v) is 1.42. The molecule has 3 nitrogen and oxygen atoms in total. The Morgan fingerprint density at radius 2 is 1.83 bits per heavy atom. The van der Waals surface area contributed by atoms with Gasteiger partial charge in [0.05, 0.1) is 10.7 Å². The van der Waals surface area contributed by atoms with Crippen molar-refractivity contribution < 1.29 is 9.53 Å². The van der Waals surface area contributed by atoms with Gasteiger partial charge in [0, 0.05) is 0 Å². The molecule has 0 aliphatic rings. The molecule has 0 bridgehead atoms. The molecule has 0 spiro atoms. The number of rotatable bonds is 1. The number of ether oxygens (including phenoxy) is 1. The van der Waals surface area contributed by atoms with Crippen LogP contribution in [0.25, 0.3) is 0 Å². The molecule has 0 aliphatic carbocycles. The summed E-state index contributed by atoms with van der Waals surface area (Å²) in [6, 6.07) is 5.41. The van der Waals surface area contributed by atoms with Crippen molar-refractivity contribution in [2.24, 2.45) is 0 Å². The van der Waals surface area contributed by atoms with E-state index in [9.17, 15) is 4.79 Å². The maximum atomic E-state index is 11.5. The molecule has 1 aromatic carbocycles. The normalized spacial score (nSPS) is 10.2. The van der Waals surface area contributed by atoms with Gasteiger partial charge in [-0.3, -0.25) is 5.32 Å². The predicted octanol–water partition coefficient (Wildman–Crippen LogP) is 5.02. The number of carbonyl (C=O) groups excluding carboxylic acids is 1. The first-order chi connectivity index (χ1) is 8.28. The summed E-state index contributed by atoms with van der Waals surface area (Å²) in [5.74, 6) is 0. The van der Waals surface area contributed by atoms with Gasteiger partial charge in [0.15, 0.2) is 0 Å². The Labute approximate surface area is 114 Å². The molecule has 0 unspecified atom stereocenters. The summed E-state index contributed by atoms with van der Waals surface area (Å²) in [5.41, 5.74) is 1.09. The van der Waals surface area contributed by atoms with E-state index in [1.54, 1.807) is 12.1 Å². The van der Waals surface area contributed by atoms with Crippen LogP contribution in [-0.4, -0.2) is 11.7 Å². The molecule has 1 N–H and O–H groups in total. The van der Waals surface area contributed by atoms with E-state index in [2.05, 4.69) is 5.32 Å². The van der Waals surface area contributed by atoms with Gasteiger partial charge in [0.1, 0.15) is 5.60 Å². The van der Waals surface area contributed by atoms with Gasteiger partial charge in [0.25, 0.3) is 0 Å². The third kappa shape index (κ3) is 6.50. The van der Waals surface area contributed by atoms with Crippen LogP contribution in [0, 0.1) is 6.92 Å². The Morgan fingerprint density at radius 1 is 1.28 bits per heavy atom. The van der Waals surface area contributed by atoms with Gasteiger partial charge in [-0.15, -0.1) is 0 Å². The second-order valence-electron chi connectivity index (χ2n) is 4.61. The maximum absolute atomic E-state index is 11.5. The van der Waals surface area contributed by atoms with Gasteiger partial charge < -0.3 is 4.74 Å². The zero-order chi connectivity index (χ0) is 14.3. The number of carbonyl (C=O) groups is 1. The van der Waals surface area contributed by atoms with Gasteiger partial charge in [-0.1, -0.05) is 31.5 Å². The monoisotopic (exact) mass is 271 g/mol.